The highest BCUT2D eigenvalue weighted by Gasteiger charge is 2.27. The van der Waals surface area contributed by atoms with Crippen LogP contribution in [-0.4, -0.2) is 64.2 Å². The van der Waals surface area contributed by atoms with E-state index in [2.05, 4.69) is 5.32 Å². The molecule has 0 unspecified atom stereocenters. The van der Waals surface area contributed by atoms with E-state index in [-0.39, 0.29) is 37.7 Å². The summed E-state index contributed by atoms with van der Waals surface area (Å²) in [6.07, 6.45) is 1.32. The Bertz CT molecular complexity index is 1200. The Morgan fingerprint density at radius 3 is 2.33 bits per heavy atom. The van der Waals surface area contributed by atoms with Gasteiger partial charge in [-0.1, -0.05) is 29.3 Å². The minimum atomic E-state index is -3.64. The number of nitrogens with one attached hydrogen (secondary N) is 1. The zero-order valence-electron chi connectivity index (χ0n) is 20.3. The number of carbonyl (C=O) groups is 2. The van der Waals surface area contributed by atoms with Gasteiger partial charge in [0.15, 0.2) is 11.5 Å². The van der Waals surface area contributed by atoms with Gasteiger partial charge >= 0.3 is 0 Å². The van der Waals surface area contributed by atoms with Crippen LogP contribution in [0.2, 0.25) is 10.0 Å². The van der Waals surface area contributed by atoms with Gasteiger partial charge < -0.3 is 19.7 Å². The fraction of sp³-hybridized carbons (Fsp3) is 0.417. The van der Waals surface area contributed by atoms with Crippen molar-refractivity contribution in [2.24, 2.45) is 0 Å². The topological polar surface area (TPSA) is 105 Å². The van der Waals surface area contributed by atoms with Crippen LogP contribution >= 0.6 is 23.2 Å². The second kappa shape index (κ2) is 12.0. The van der Waals surface area contributed by atoms with Gasteiger partial charge in [-0.3, -0.25) is 13.9 Å². The molecular formula is C24H29Cl2N3O6S. The van der Waals surface area contributed by atoms with Gasteiger partial charge in [0, 0.05) is 48.2 Å². The van der Waals surface area contributed by atoms with Crippen molar-refractivity contribution in [3.63, 3.8) is 0 Å². The largest absolute Gasteiger partial charge is 0.486 e. The standard InChI is InChI=1S/C24H29Cl2N3O6S/c1-16(24(31)27-2)28(15-18-19(25)6-4-7-20(18)26)23(30)8-5-11-29(36(3,32)33)17-9-10-21-22(14-17)35-13-12-34-21/h4,6-7,9-10,14,16H,5,8,11-13,15H2,1-3H3,(H,27,31)/t16-/m1/s1. The second-order valence-corrected chi connectivity index (χ2v) is 11.0. The number of hydrogen-bond acceptors (Lipinski definition) is 6. The van der Waals surface area contributed by atoms with Gasteiger partial charge in [0.25, 0.3) is 0 Å². The van der Waals surface area contributed by atoms with Gasteiger partial charge in [0.1, 0.15) is 19.3 Å². The number of benzene rings is 2. The summed E-state index contributed by atoms with van der Waals surface area (Å²) in [5, 5.41) is 3.31. The van der Waals surface area contributed by atoms with Crippen LogP contribution in [0.25, 0.3) is 0 Å². The molecule has 1 aliphatic rings. The van der Waals surface area contributed by atoms with E-state index in [1.54, 1.807) is 43.3 Å². The van der Waals surface area contributed by atoms with Gasteiger partial charge in [-0.2, -0.15) is 0 Å². The molecular weight excluding hydrogens is 529 g/mol. The van der Waals surface area contributed by atoms with Crippen molar-refractivity contribution in [1.82, 2.24) is 10.2 Å². The van der Waals surface area contributed by atoms with Gasteiger partial charge in [0.05, 0.1) is 11.9 Å². The highest BCUT2D eigenvalue weighted by molar-refractivity contribution is 7.92. The minimum absolute atomic E-state index is 0.0000220. The third-order valence-corrected chi connectivity index (χ3v) is 7.67. The molecule has 2 aromatic rings. The molecule has 0 spiro atoms. The van der Waals surface area contributed by atoms with Crippen molar-refractivity contribution in [2.75, 3.05) is 37.4 Å². The van der Waals surface area contributed by atoms with E-state index in [0.717, 1.165) is 6.26 Å². The molecule has 36 heavy (non-hydrogen) atoms. The highest BCUT2D eigenvalue weighted by atomic mass is 35.5. The predicted octanol–water partition coefficient (Wildman–Crippen LogP) is 3.47. The van der Waals surface area contributed by atoms with E-state index < -0.39 is 16.1 Å². The first-order valence-electron chi connectivity index (χ1n) is 11.3. The number of fused-ring (bicyclic) bond motifs is 1. The third-order valence-electron chi connectivity index (χ3n) is 5.77. The van der Waals surface area contributed by atoms with E-state index >= 15 is 0 Å². The normalized spacial score (nSPS) is 13.6. The molecule has 9 nitrogen and oxygen atoms in total. The van der Waals surface area contributed by atoms with Crippen molar-refractivity contribution >= 4 is 50.7 Å². The van der Waals surface area contributed by atoms with E-state index in [4.69, 9.17) is 32.7 Å². The van der Waals surface area contributed by atoms with Gasteiger partial charge in [-0.15, -0.1) is 0 Å². The lowest BCUT2D eigenvalue weighted by Crippen LogP contribution is -2.47. The fourth-order valence-corrected chi connectivity index (χ4v) is 5.31. The van der Waals surface area contributed by atoms with Crippen molar-refractivity contribution in [1.29, 1.82) is 0 Å². The highest BCUT2D eigenvalue weighted by Crippen LogP contribution is 2.35. The maximum atomic E-state index is 13.2. The van der Waals surface area contributed by atoms with E-state index in [9.17, 15) is 18.0 Å². The number of anilines is 1. The molecule has 3 rings (SSSR count). The van der Waals surface area contributed by atoms with Crippen LogP contribution in [0.15, 0.2) is 36.4 Å². The Morgan fingerprint density at radius 1 is 1.08 bits per heavy atom. The number of nitrogens with zero attached hydrogens (tertiary/aromatic N) is 2. The van der Waals surface area contributed by atoms with E-state index in [1.807, 2.05) is 0 Å². The number of amides is 2. The number of rotatable bonds is 10. The monoisotopic (exact) mass is 557 g/mol. The zero-order valence-corrected chi connectivity index (χ0v) is 22.6. The minimum Gasteiger partial charge on any atom is -0.486 e. The van der Waals surface area contributed by atoms with Crippen molar-refractivity contribution in [3.05, 3.63) is 52.0 Å². The summed E-state index contributed by atoms with van der Waals surface area (Å²) in [7, 11) is -2.16. The molecule has 2 aromatic carbocycles. The SMILES string of the molecule is CNC(=O)[C@@H](C)N(Cc1c(Cl)cccc1Cl)C(=O)CCCN(c1ccc2c(c1)OCCO2)S(C)(=O)=O. The molecule has 1 aliphatic heterocycles. The fourth-order valence-electron chi connectivity index (χ4n) is 3.84. The molecule has 0 bridgehead atoms. The first kappa shape index (κ1) is 27.9. The molecule has 0 aliphatic carbocycles. The number of ether oxygens (including phenoxy) is 2. The van der Waals surface area contributed by atoms with Crippen molar-refractivity contribution in [3.8, 4) is 11.5 Å². The molecule has 1 heterocycles. The average molecular weight is 558 g/mol. The molecule has 1 atom stereocenters. The van der Waals surface area contributed by atoms with E-state index in [0.29, 0.717) is 46.0 Å². The predicted molar refractivity (Wildman–Crippen MR) is 139 cm³/mol. The lowest BCUT2D eigenvalue weighted by Gasteiger charge is -2.29. The van der Waals surface area contributed by atoms with Crippen LogP contribution in [0, 0.1) is 0 Å². The Labute approximate surface area is 221 Å². The Morgan fingerprint density at radius 2 is 1.72 bits per heavy atom. The molecule has 0 saturated heterocycles. The molecule has 12 heteroatoms. The molecule has 0 saturated carbocycles. The van der Waals surface area contributed by atoms with Gasteiger partial charge in [-0.05, 0) is 37.6 Å². The van der Waals surface area contributed by atoms with Gasteiger partial charge in [0.2, 0.25) is 21.8 Å². The van der Waals surface area contributed by atoms with Crippen molar-refractivity contribution in [2.45, 2.75) is 32.4 Å². The molecule has 2 amide bonds. The third kappa shape index (κ3) is 6.74. The summed E-state index contributed by atoms with van der Waals surface area (Å²) >= 11 is 12.6. The molecule has 0 aromatic heterocycles. The van der Waals surface area contributed by atoms with Crippen LogP contribution in [0.1, 0.15) is 25.3 Å². The number of sulfonamides is 1. The van der Waals surface area contributed by atoms with Crippen LogP contribution in [0.5, 0.6) is 11.5 Å². The molecule has 1 N–H and O–H groups in total. The van der Waals surface area contributed by atoms with E-state index in [1.165, 1.54) is 16.3 Å². The summed E-state index contributed by atoms with van der Waals surface area (Å²) in [6.45, 7) is 2.50. The Balaban J connectivity index is 1.76. The quantitative estimate of drug-likeness (QED) is 0.479. The maximum absolute atomic E-state index is 13.2. The smallest absolute Gasteiger partial charge is 0.242 e. The summed E-state index contributed by atoms with van der Waals surface area (Å²) in [4.78, 5) is 27.0. The summed E-state index contributed by atoms with van der Waals surface area (Å²) < 4.78 is 37.4. The summed E-state index contributed by atoms with van der Waals surface area (Å²) in [5.74, 6) is 0.328. The summed E-state index contributed by atoms with van der Waals surface area (Å²) in [5.41, 5.74) is 0.937. The first-order valence-corrected chi connectivity index (χ1v) is 13.9. The van der Waals surface area contributed by atoms with Crippen LogP contribution < -0.4 is 19.1 Å². The summed E-state index contributed by atoms with van der Waals surface area (Å²) in [6, 6.07) is 9.12. The van der Waals surface area contributed by atoms with Crippen LogP contribution in [-0.2, 0) is 26.2 Å². The lowest BCUT2D eigenvalue weighted by atomic mass is 10.1. The number of likely N-dealkylation sites (N-methyl/N-ethyl adjacent to an activating group) is 1. The number of hydrogen-bond donors (Lipinski definition) is 1. The first-order chi connectivity index (χ1) is 17.0. The van der Waals surface area contributed by atoms with Gasteiger partial charge in [-0.25, -0.2) is 8.42 Å². The average Bonchev–Trinajstić information content (AvgIpc) is 2.84. The molecule has 0 fully saturated rings. The number of halogens is 2. The van der Waals surface area contributed by atoms with Crippen molar-refractivity contribution < 1.29 is 27.5 Å². The molecule has 0 radical (unpaired) electrons. The maximum Gasteiger partial charge on any atom is 0.242 e. The molecule has 196 valence electrons. The Kier molecular flexibility index (Phi) is 9.32. The Hall–Kier alpha value is -2.69. The zero-order chi connectivity index (χ0) is 26.5. The van der Waals surface area contributed by atoms with Crippen LogP contribution in [0.3, 0.4) is 0 Å². The lowest BCUT2D eigenvalue weighted by molar-refractivity contribution is -0.140. The van der Waals surface area contributed by atoms with Crippen LogP contribution in [0.4, 0.5) is 5.69 Å². The number of carbonyl (C=O) groups excluding carboxylic acids is 2. The second-order valence-electron chi connectivity index (χ2n) is 8.28.